The number of hydrogen-bond donors (Lipinski definition) is 2. The van der Waals surface area contributed by atoms with Crippen molar-refractivity contribution >= 4 is 5.97 Å². The Balaban J connectivity index is 2.57. The second kappa shape index (κ2) is 6.02. The first-order valence-corrected chi connectivity index (χ1v) is 6.72. The molecule has 1 rings (SSSR count). The van der Waals surface area contributed by atoms with Gasteiger partial charge >= 0.3 is 5.97 Å². The average Bonchev–Trinajstić information content (AvgIpc) is 2.24. The van der Waals surface area contributed by atoms with Gasteiger partial charge in [-0.2, -0.15) is 0 Å². The highest BCUT2D eigenvalue weighted by atomic mass is 16.5. The van der Waals surface area contributed by atoms with Crippen LogP contribution in [-0.2, 0) is 9.53 Å². The zero-order valence-corrected chi connectivity index (χ0v) is 11.8. The van der Waals surface area contributed by atoms with Crippen molar-refractivity contribution in [1.29, 1.82) is 0 Å². The molecule has 106 valence electrons. The molecule has 0 aromatic heterocycles. The summed E-state index contributed by atoms with van der Waals surface area (Å²) in [6.45, 7) is 6.45. The van der Waals surface area contributed by atoms with Gasteiger partial charge in [0, 0.05) is 0 Å². The molecule has 2 N–H and O–H groups in total. The molecular formula is C14H26O4. The average molecular weight is 258 g/mol. The minimum Gasteiger partial charge on any atom is -0.467 e. The van der Waals surface area contributed by atoms with Crippen molar-refractivity contribution in [3.63, 3.8) is 0 Å². The number of methoxy groups -OCH3 is 1. The molecule has 0 saturated heterocycles. The number of carbonyl (C=O) groups is 1. The Kier molecular flexibility index (Phi) is 5.17. The molecule has 0 heterocycles. The van der Waals surface area contributed by atoms with Crippen LogP contribution in [0.3, 0.4) is 0 Å². The number of carbonyl (C=O) groups excluding carboxylic acids is 1. The molecule has 0 aromatic rings. The lowest BCUT2D eigenvalue weighted by molar-refractivity contribution is -0.151. The Hall–Kier alpha value is -0.610. The van der Waals surface area contributed by atoms with Crippen LogP contribution in [0, 0.1) is 17.3 Å². The van der Waals surface area contributed by atoms with Gasteiger partial charge < -0.3 is 14.9 Å². The van der Waals surface area contributed by atoms with Crippen LogP contribution in [0.25, 0.3) is 0 Å². The molecule has 0 unspecified atom stereocenters. The van der Waals surface area contributed by atoms with Gasteiger partial charge in [0.1, 0.15) is 0 Å². The summed E-state index contributed by atoms with van der Waals surface area (Å²) in [6, 6.07) is 0. The summed E-state index contributed by atoms with van der Waals surface area (Å²) < 4.78 is 4.52. The van der Waals surface area contributed by atoms with E-state index in [0.717, 1.165) is 19.3 Å². The largest absolute Gasteiger partial charge is 0.467 e. The van der Waals surface area contributed by atoms with Crippen LogP contribution in [0.2, 0.25) is 0 Å². The van der Waals surface area contributed by atoms with Crippen LogP contribution in [0.15, 0.2) is 0 Å². The number of aliphatic hydroxyl groups is 2. The SMILES string of the molecule is COC(=O)[C@H](O)CC[C@H]1[C@H](C)C[C@@H](O)CC1(C)C. The maximum atomic E-state index is 11.2. The Labute approximate surface area is 109 Å². The second-order valence-electron chi connectivity index (χ2n) is 6.28. The summed E-state index contributed by atoms with van der Waals surface area (Å²) in [4.78, 5) is 11.2. The van der Waals surface area contributed by atoms with Crippen molar-refractivity contribution < 1.29 is 19.7 Å². The van der Waals surface area contributed by atoms with E-state index in [1.165, 1.54) is 7.11 Å². The third kappa shape index (κ3) is 3.69. The molecule has 0 spiro atoms. The van der Waals surface area contributed by atoms with E-state index in [1.807, 2.05) is 0 Å². The molecule has 0 radical (unpaired) electrons. The smallest absolute Gasteiger partial charge is 0.334 e. The monoisotopic (exact) mass is 258 g/mol. The quantitative estimate of drug-likeness (QED) is 0.754. The van der Waals surface area contributed by atoms with Gasteiger partial charge in [-0.25, -0.2) is 4.79 Å². The van der Waals surface area contributed by atoms with E-state index < -0.39 is 12.1 Å². The molecule has 4 heteroatoms. The lowest BCUT2D eigenvalue weighted by Crippen LogP contribution is -2.40. The maximum Gasteiger partial charge on any atom is 0.334 e. The Morgan fingerprint density at radius 3 is 2.61 bits per heavy atom. The van der Waals surface area contributed by atoms with Crippen LogP contribution in [-0.4, -0.2) is 35.5 Å². The van der Waals surface area contributed by atoms with Gasteiger partial charge in [0.25, 0.3) is 0 Å². The van der Waals surface area contributed by atoms with Crippen molar-refractivity contribution in [2.75, 3.05) is 7.11 Å². The van der Waals surface area contributed by atoms with Crippen LogP contribution in [0.4, 0.5) is 0 Å². The Bertz CT molecular complexity index is 288. The number of esters is 1. The second-order valence-corrected chi connectivity index (χ2v) is 6.28. The molecule has 0 aromatic carbocycles. The van der Waals surface area contributed by atoms with E-state index in [4.69, 9.17) is 0 Å². The van der Waals surface area contributed by atoms with Crippen molar-refractivity contribution in [3.8, 4) is 0 Å². The summed E-state index contributed by atoms with van der Waals surface area (Å²) >= 11 is 0. The molecule has 18 heavy (non-hydrogen) atoms. The van der Waals surface area contributed by atoms with Gasteiger partial charge in [0.15, 0.2) is 6.10 Å². The van der Waals surface area contributed by atoms with E-state index in [0.29, 0.717) is 18.3 Å². The molecule has 1 aliphatic rings. The highest BCUT2D eigenvalue weighted by molar-refractivity contribution is 5.74. The van der Waals surface area contributed by atoms with Crippen LogP contribution in [0.1, 0.15) is 46.5 Å². The molecule has 0 aliphatic heterocycles. The zero-order chi connectivity index (χ0) is 13.9. The van der Waals surface area contributed by atoms with Gasteiger partial charge in [-0.1, -0.05) is 20.8 Å². The van der Waals surface area contributed by atoms with Crippen LogP contribution < -0.4 is 0 Å². The molecule has 0 amide bonds. The predicted molar refractivity (Wildman–Crippen MR) is 68.9 cm³/mol. The van der Waals surface area contributed by atoms with Gasteiger partial charge in [-0.3, -0.25) is 0 Å². The van der Waals surface area contributed by atoms with E-state index in [1.54, 1.807) is 0 Å². The van der Waals surface area contributed by atoms with E-state index >= 15 is 0 Å². The molecule has 4 atom stereocenters. The Morgan fingerprint density at radius 2 is 2.11 bits per heavy atom. The molecule has 1 aliphatic carbocycles. The van der Waals surface area contributed by atoms with E-state index in [9.17, 15) is 15.0 Å². The summed E-state index contributed by atoms with van der Waals surface area (Å²) in [6.07, 6.45) is 1.57. The van der Waals surface area contributed by atoms with Crippen LogP contribution >= 0.6 is 0 Å². The Morgan fingerprint density at radius 1 is 1.50 bits per heavy atom. The number of rotatable bonds is 4. The maximum absolute atomic E-state index is 11.2. The molecular weight excluding hydrogens is 232 g/mol. The van der Waals surface area contributed by atoms with Gasteiger partial charge in [-0.05, 0) is 42.9 Å². The summed E-state index contributed by atoms with van der Waals surface area (Å²) in [5.74, 6) is 0.269. The number of aliphatic hydroxyl groups excluding tert-OH is 2. The first-order valence-electron chi connectivity index (χ1n) is 6.72. The number of hydrogen-bond acceptors (Lipinski definition) is 4. The van der Waals surface area contributed by atoms with Crippen molar-refractivity contribution in [2.24, 2.45) is 17.3 Å². The topological polar surface area (TPSA) is 66.8 Å². The highest BCUT2D eigenvalue weighted by Gasteiger charge is 2.40. The minimum atomic E-state index is -1.02. The highest BCUT2D eigenvalue weighted by Crippen LogP contribution is 2.46. The fourth-order valence-corrected chi connectivity index (χ4v) is 3.47. The van der Waals surface area contributed by atoms with Crippen LogP contribution in [0.5, 0.6) is 0 Å². The minimum absolute atomic E-state index is 0.0485. The van der Waals surface area contributed by atoms with Gasteiger partial charge in [0.05, 0.1) is 13.2 Å². The first-order chi connectivity index (χ1) is 8.27. The zero-order valence-electron chi connectivity index (χ0n) is 11.8. The van der Waals surface area contributed by atoms with Crippen molar-refractivity contribution in [2.45, 2.75) is 58.7 Å². The van der Waals surface area contributed by atoms with E-state index in [-0.39, 0.29) is 11.5 Å². The number of ether oxygens (including phenoxy) is 1. The summed E-state index contributed by atoms with van der Waals surface area (Å²) in [5.41, 5.74) is 0.0485. The van der Waals surface area contributed by atoms with Gasteiger partial charge in [-0.15, -0.1) is 0 Å². The molecule has 4 nitrogen and oxygen atoms in total. The summed E-state index contributed by atoms with van der Waals surface area (Å²) in [5, 5.41) is 19.4. The standard InChI is InChI=1S/C14H26O4/c1-9-7-10(15)8-14(2,3)11(9)5-6-12(16)13(17)18-4/h9-12,15-16H,5-8H2,1-4H3/t9-,10-,11+,12-/m1/s1. The fraction of sp³-hybridized carbons (Fsp3) is 0.929. The van der Waals surface area contributed by atoms with Crippen molar-refractivity contribution in [3.05, 3.63) is 0 Å². The lowest BCUT2D eigenvalue weighted by Gasteiger charge is -2.45. The third-order valence-electron chi connectivity index (χ3n) is 4.32. The fourth-order valence-electron chi connectivity index (χ4n) is 3.47. The van der Waals surface area contributed by atoms with Crippen molar-refractivity contribution in [1.82, 2.24) is 0 Å². The third-order valence-corrected chi connectivity index (χ3v) is 4.32. The normalized spacial score (nSPS) is 32.9. The lowest BCUT2D eigenvalue weighted by atomic mass is 9.61. The summed E-state index contributed by atoms with van der Waals surface area (Å²) in [7, 11) is 1.29. The molecule has 1 saturated carbocycles. The van der Waals surface area contributed by atoms with Gasteiger partial charge in [0.2, 0.25) is 0 Å². The predicted octanol–water partition coefficient (Wildman–Crippen LogP) is 1.73. The molecule has 1 fully saturated rings. The first kappa shape index (κ1) is 15.4. The van der Waals surface area contributed by atoms with E-state index in [2.05, 4.69) is 25.5 Å². The molecule has 0 bridgehead atoms.